The molecule has 1 atom stereocenters. The van der Waals surface area contributed by atoms with Gasteiger partial charge in [0.1, 0.15) is 11.4 Å². The van der Waals surface area contributed by atoms with Crippen LogP contribution in [0.2, 0.25) is 0 Å². The summed E-state index contributed by atoms with van der Waals surface area (Å²) in [6.07, 6.45) is 0. The maximum absolute atomic E-state index is 13.5. The molecule has 2 heterocycles. The number of rotatable bonds is 4. The van der Waals surface area contributed by atoms with E-state index in [1.807, 2.05) is 36.4 Å². The van der Waals surface area contributed by atoms with Crippen LogP contribution in [0.25, 0.3) is 0 Å². The summed E-state index contributed by atoms with van der Waals surface area (Å²) in [4.78, 5) is 33.7. The number of anilines is 2. The normalized spacial score (nSPS) is 15.7. The zero-order chi connectivity index (χ0) is 21.8. The van der Waals surface area contributed by atoms with Crippen LogP contribution in [0.4, 0.5) is 11.4 Å². The quantitative estimate of drug-likeness (QED) is 0.599. The van der Waals surface area contributed by atoms with Gasteiger partial charge in [-0.25, -0.2) is 9.78 Å². The van der Waals surface area contributed by atoms with Gasteiger partial charge in [-0.1, -0.05) is 55.5 Å². The lowest BCUT2D eigenvalue weighted by molar-refractivity contribution is 0.0594. The molecule has 1 aliphatic heterocycles. The van der Waals surface area contributed by atoms with Gasteiger partial charge in [0.15, 0.2) is 0 Å². The number of carbonyl (C=O) groups excluding carboxylic acids is 2. The van der Waals surface area contributed by atoms with Gasteiger partial charge in [-0.15, -0.1) is 0 Å². The standard InChI is InChI=1S/C25H25N3O3/c1-18-15-27(17-19-9-4-3-5-10-19)22-13-6-7-14-23(22)28(16-18)24(29)20-11-8-12-21(26-20)25(30)31-2/h3-14,18H,15-17H2,1-2H3/t18-/m0/s1. The summed E-state index contributed by atoms with van der Waals surface area (Å²) in [6.45, 7) is 4.29. The van der Waals surface area contributed by atoms with Gasteiger partial charge in [-0.2, -0.15) is 0 Å². The van der Waals surface area contributed by atoms with Gasteiger partial charge in [0.2, 0.25) is 0 Å². The Balaban J connectivity index is 1.70. The fourth-order valence-corrected chi connectivity index (χ4v) is 3.96. The molecule has 0 saturated carbocycles. The number of fused-ring (bicyclic) bond motifs is 1. The molecule has 3 aromatic rings. The summed E-state index contributed by atoms with van der Waals surface area (Å²) >= 11 is 0. The van der Waals surface area contributed by atoms with Crippen LogP contribution < -0.4 is 9.80 Å². The van der Waals surface area contributed by atoms with E-state index < -0.39 is 5.97 Å². The van der Waals surface area contributed by atoms with Gasteiger partial charge in [-0.3, -0.25) is 4.79 Å². The molecule has 0 saturated heterocycles. The highest BCUT2D eigenvalue weighted by Gasteiger charge is 2.29. The van der Waals surface area contributed by atoms with Crippen LogP contribution >= 0.6 is 0 Å². The van der Waals surface area contributed by atoms with Crippen LogP contribution in [-0.2, 0) is 11.3 Å². The summed E-state index contributed by atoms with van der Waals surface area (Å²) in [6, 6.07) is 23.1. The molecule has 4 rings (SSSR count). The van der Waals surface area contributed by atoms with Crippen LogP contribution in [-0.4, -0.2) is 37.1 Å². The first-order chi connectivity index (χ1) is 15.1. The number of hydrogen-bond donors (Lipinski definition) is 0. The topological polar surface area (TPSA) is 62.7 Å². The van der Waals surface area contributed by atoms with Crippen molar-refractivity contribution < 1.29 is 14.3 Å². The second-order valence-electron chi connectivity index (χ2n) is 7.78. The number of amides is 1. The number of methoxy groups -OCH3 is 1. The molecule has 1 amide bonds. The van der Waals surface area contributed by atoms with Crippen molar-refractivity contribution in [2.24, 2.45) is 5.92 Å². The number of carbonyl (C=O) groups is 2. The SMILES string of the molecule is COC(=O)c1cccc(C(=O)N2C[C@@H](C)CN(Cc3ccccc3)c3ccccc32)n1. The van der Waals surface area contributed by atoms with E-state index in [9.17, 15) is 9.59 Å². The Bertz CT molecular complexity index is 1080. The molecule has 0 aliphatic carbocycles. The molecule has 0 bridgehead atoms. The zero-order valence-corrected chi connectivity index (χ0v) is 17.7. The number of pyridine rings is 1. The molecular weight excluding hydrogens is 390 g/mol. The number of benzene rings is 2. The van der Waals surface area contributed by atoms with E-state index in [0.717, 1.165) is 24.5 Å². The van der Waals surface area contributed by atoms with Gasteiger partial charge < -0.3 is 14.5 Å². The fraction of sp³-hybridized carbons (Fsp3) is 0.240. The van der Waals surface area contributed by atoms with Gasteiger partial charge in [0.25, 0.3) is 5.91 Å². The third kappa shape index (κ3) is 4.43. The second kappa shape index (κ2) is 9.00. The van der Waals surface area contributed by atoms with E-state index >= 15 is 0 Å². The first-order valence-electron chi connectivity index (χ1n) is 10.3. The van der Waals surface area contributed by atoms with E-state index in [2.05, 4.69) is 35.0 Å². The van der Waals surface area contributed by atoms with Crippen LogP contribution in [0, 0.1) is 5.92 Å². The van der Waals surface area contributed by atoms with E-state index in [1.54, 1.807) is 23.1 Å². The average molecular weight is 415 g/mol. The van der Waals surface area contributed by atoms with E-state index in [1.165, 1.54) is 12.7 Å². The third-order valence-electron chi connectivity index (χ3n) is 5.36. The second-order valence-corrected chi connectivity index (χ2v) is 7.78. The summed E-state index contributed by atoms with van der Waals surface area (Å²) < 4.78 is 4.75. The predicted molar refractivity (Wildman–Crippen MR) is 120 cm³/mol. The van der Waals surface area contributed by atoms with Crippen LogP contribution in [0.5, 0.6) is 0 Å². The molecule has 158 valence electrons. The monoisotopic (exact) mass is 415 g/mol. The Hall–Kier alpha value is -3.67. The highest BCUT2D eigenvalue weighted by Crippen LogP contribution is 2.35. The third-order valence-corrected chi connectivity index (χ3v) is 5.36. The molecular formula is C25H25N3O3. The molecule has 0 unspecified atom stereocenters. The van der Waals surface area contributed by atoms with Gasteiger partial charge >= 0.3 is 5.97 Å². The van der Waals surface area contributed by atoms with E-state index in [0.29, 0.717) is 6.54 Å². The van der Waals surface area contributed by atoms with Crippen molar-refractivity contribution in [3.05, 3.63) is 89.7 Å². The number of esters is 1. The molecule has 0 fully saturated rings. The Morgan fingerprint density at radius 1 is 0.903 bits per heavy atom. The highest BCUT2D eigenvalue weighted by molar-refractivity contribution is 6.07. The largest absolute Gasteiger partial charge is 0.464 e. The molecule has 1 aliphatic rings. The number of nitrogens with zero attached hydrogens (tertiary/aromatic N) is 3. The van der Waals surface area contributed by atoms with E-state index in [-0.39, 0.29) is 23.2 Å². The minimum absolute atomic E-state index is 0.121. The van der Waals surface area contributed by atoms with Crippen LogP contribution in [0.1, 0.15) is 33.5 Å². The molecule has 1 aromatic heterocycles. The zero-order valence-electron chi connectivity index (χ0n) is 17.7. The lowest BCUT2D eigenvalue weighted by Gasteiger charge is -2.27. The van der Waals surface area contributed by atoms with Crippen molar-refractivity contribution in [1.29, 1.82) is 0 Å². The van der Waals surface area contributed by atoms with Crippen molar-refractivity contribution in [2.45, 2.75) is 13.5 Å². The van der Waals surface area contributed by atoms with Crippen molar-refractivity contribution >= 4 is 23.3 Å². The Kier molecular flexibility index (Phi) is 5.98. The summed E-state index contributed by atoms with van der Waals surface area (Å²) in [7, 11) is 1.30. The lowest BCUT2D eigenvalue weighted by Crippen LogP contribution is -2.35. The van der Waals surface area contributed by atoms with Gasteiger partial charge in [0.05, 0.1) is 18.5 Å². The van der Waals surface area contributed by atoms with Crippen molar-refractivity contribution in [1.82, 2.24) is 4.98 Å². The minimum Gasteiger partial charge on any atom is -0.464 e. The fourth-order valence-electron chi connectivity index (χ4n) is 3.96. The van der Waals surface area contributed by atoms with Crippen LogP contribution in [0.15, 0.2) is 72.8 Å². The van der Waals surface area contributed by atoms with Crippen molar-refractivity contribution in [2.75, 3.05) is 30.0 Å². The summed E-state index contributed by atoms with van der Waals surface area (Å²) in [5.74, 6) is -0.552. The number of ether oxygens (including phenoxy) is 1. The van der Waals surface area contributed by atoms with Crippen molar-refractivity contribution in [3.8, 4) is 0 Å². The number of para-hydroxylation sites is 2. The molecule has 6 heteroatoms. The maximum atomic E-state index is 13.5. The summed E-state index contributed by atoms with van der Waals surface area (Å²) in [5.41, 5.74) is 3.42. The predicted octanol–water partition coefficient (Wildman–Crippen LogP) is 4.17. The highest BCUT2D eigenvalue weighted by atomic mass is 16.5. The minimum atomic E-state index is -0.562. The number of aromatic nitrogens is 1. The number of hydrogen-bond acceptors (Lipinski definition) is 5. The van der Waals surface area contributed by atoms with Crippen molar-refractivity contribution in [3.63, 3.8) is 0 Å². The molecule has 0 N–H and O–H groups in total. The van der Waals surface area contributed by atoms with E-state index in [4.69, 9.17) is 4.74 Å². The van der Waals surface area contributed by atoms with Crippen LogP contribution in [0.3, 0.4) is 0 Å². The molecule has 0 spiro atoms. The van der Waals surface area contributed by atoms with Gasteiger partial charge in [-0.05, 0) is 35.7 Å². The smallest absolute Gasteiger partial charge is 0.356 e. The Morgan fingerprint density at radius 3 is 2.32 bits per heavy atom. The Labute approximate surface area is 182 Å². The van der Waals surface area contributed by atoms with Gasteiger partial charge in [0, 0.05) is 19.6 Å². The first kappa shape index (κ1) is 20.6. The Morgan fingerprint density at radius 2 is 1.58 bits per heavy atom. The first-order valence-corrected chi connectivity index (χ1v) is 10.3. The molecule has 2 aromatic carbocycles. The maximum Gasteiger partial charge on any atom is 0.356 e. The molecule has 6 nitrogen and oxygen atoms in total. The lowest BCUT2D eigenvalue weighted by atomic mass is 10.1. The summed E-state index contributed by atoms with van der Waals surface area (Å²) in [5, 5.41) is 0. The molecule has 0 radical (unpaired) electrons. The average Bonchev–Trinajstić information content (AvgIpc) is 2.95. The molecule has 31 heavy (non-hydrogen) atoms.